The number of amides is 1. The minimum atomic E-state index is 0.232. The Hall–Kier alpha value is -1.84. The fourth-order valence-electron chi connectivity index (χ4n) is 4.42. The van der Waals surface area contributed by atoms with Gasteiger partial charge in [0.05, 0.1) is 11.0 Å². The van der Waals surface area contributed by atoms with E-state index in [0.717, 1.165) is 37.1 Å². The zero-order chi connectivity index (χ0) is 19.6. The number of aryl methyl sites for hydroxylation is 1. The Kier molecular flexibility index (Phi) is 8.38. The number of nitrogens with zero attached hydrogens (tertiary/aromatic N) is 2. The summed E-state index contributed by atoms with van der Waals surface area (Å²) in [6.45, 7) is 3.98. The summed E-state index contributed by atoms with van der Waals surface area (Å²) < 4.78 is 2.38. The molecule has 4 heteroatoms. The quantitative estimate of drug-likeness (QED) is 0.511. The Balaban J connectivity index is 1.54. The number of rotatable bonds is 11. The summed E-state index contributed by atoms with van der Waals surface area (Å²) in [5.41, 5.74) is 2.30. The molecule has 28 heavy (non-hydrogen) atoms. The molecule has 0 saturated heterocycles. The molecule has 0 atom stereocenters. The summed E-state index contributed by atoms with van der Waals surface area (Å²) in [6, 6.07) is 8.41. The van der Waals surface area contributed by atoms with Crippen LogP contribution in [-0.2, 0) is 17.8 Å². The third kappa shape index (κ3) is 5.83. The van der Waals surface area contributed by atoms with Crippen molar-refractivity contribution >= 4 is 16.9 Å². The van der Waals surface area contributed by atoms with Crippen LogP contribution in [-0.4, -0.2) is 22.0 Å². The van der Waals surface area contributed by atoms with E-state index in [9.17, 15) is 4.79 Å². The molecule has 1 N–H and O–H groups in total. The largest absolute Gasteiger partial charge is 0.355 e. The molecule has 1 amide bonds. The van der Waals surface area contributed by atoms with Gasteiger partial charge in [-0.2, -0.15) is 0 Å². The molecule has 1 aromatic carbocycles. The highest BCUT2D eigenvalue weighted by Crippen LogP contribution is 2.23. The van der Waals surface area contributed by atoms with E-state index in [1.165, 1.54) is 63.3 Å². The third-order valence-electron chi connectivity index (χ3n) is 6.09. The van der Waals surface area contributed by atoms with Crippen molar-refractivity contribution < 1.29 is 4.79 Å². The SMILES string of the molecule is CCCCCCCCn1c(CCNC(=O)C2CCCCC2)nc2ccccc21. The molecule has 1 aliphatic rings. The lowest BCUT2D eigenvalue weighted by atomic mass is 9.89. The van der Waals surface area contributed by atoms with Crippen molar-refractivity contribution in [2.75, 3.05) is 6.54 Å². The van der Waals surface area contributed by atoms with E-state index < -0.39 is 0 Å². The molecule has 1 aromatic heterocycles. The number of unbranched alkanes of at least 4 members (excludes halogenated alkanes) is 5. The van der Waals surface area contributed by atoms with Crippen molar-refractivity contribution in [3.05, 3.63) is 30.1 Å². The van der Waals surface area contributed by atoms with Gasteiger partial charge in [0.1, 0.15) is 5.82 Å². The average Bonchev–Trinajstić information content (AvgIpc) is 3.08. The molecule has 1 aliphatic carbocycles. The van der Waals surface area contributed by atoms with Crippen LogP contribution < -0.4 is 5.32 Å². The summed E-state index contributed by atoms with van der Waals surface area (Å²) >= 11 is 0. The molecule has 4 nitrogen and oxygen atoms in total. The summed E-state index contributed by atoms with van der Waals surface area (Å²) in [5, 5.41) is 3.17. The lowest BCUT2D eigenvalue weighted by molar-refractivity contribution is -0.125. The van der Waals surface area contributed by atoms with Crippen LogP contribution in [0.1, 0.15) is 83.4 Å². The molecule has 0 spiro atoms. The number of imidazole rings is 1. The van der Waals surface area contributed by atoms with Crippen LogP contribution in [0.5, 0.6) is 0 Å². The number of nitrogens with one attached hydrogen (secondary N) is 1. The summed E-state index contributed by atoms with van der Waals surface area (Å²) in [4.78, 5) is 17.3. The van der Waals surface area contributed by atoms with E-state index in [1.54, 1.807) is 0 Å². The maximum atomic E-state index is 12.4. The van der Waals surface area contributed by atoms with Crippen LogP contribution in [0.25, 0.3) is 11.0 Å². The number of fused-ring (bicyclic) bond motifs is 1. The first-order valence-electron chi connectivity index (χ1n) is 11.5. The minimum Gasteiger partial charge on any atom is -0.355 e. The van der Waals surface area contributed by atoms with Gasteiger partial charge >= 0.3 is 0 Å². The number of aromatic nitrogens is 2. The first kappa shape index (κ1) is 20.9. The van der Waals surface area contributed by atoms with Crippen molar-refractivity contribution in [3.8, 4) is 0 Å². The smallest absolute Gasteiger partial charge is 0.223 e. The Labute approximate surface area is 170 Å². The second-order valence-corrected chi connectivity index (χ2v) is 8.31. The normalized spacial score (nSPS) is 15.2. The maximum absolute atomic E-state index is 12.4. The van der Waals surface area contributed by atoms with Gasteiger partial charge in [-0.15, -0.1) is 0 Å². The maximum Gasteiger partial charge on any atom is 0.223 e. The standard InChI is InChI=1S/C24H37N3O/c1-2-3-4-5-6-12-19-27-22-16-11-10-15-21(22)26-23(27)17-18-25-24(28)20-13-8-7-9-14-20/h10-11,15-16,20H,2-9,12-14,17-19H2,1H3,(H,25,28). The molecule has 154 valence electrons. The Bertz CT molecular complexity index is 731. The second-order valence-electron chi connectivity index (χ2n) is 8.31. The topological polar surface area (TPSA) is 46.9 Å². The summed E-state index contributed by atoms with van der Waals surface area (Å²) in [5.74, 6) is 1.59. The highest BCUT2D eigenvalue weighted by Gasteiger charge is 2.20. The molecule has 0 aliphatic heterocycles. The van der Waals surface area contributed by atoms with E-state index in [1.807, 2.05) is 0 Å². The van der Waals surface area contributed by atoms with Crippen LogP contribution in [0.2, 0.25) is 0 Å². The van der Waals surface area contributed by atoms with Gasteiger partial charge in [-0.3, -0.25) is 4.79 Å². The molecular formula is C24H37N3O. The highest BCUT2D eigenvalue weighted by molar-refractivity contribution is 5.78. The van der Waals surface area contributed by atoms with Crippen LogP contribution in [0.3, 0.4) is 0 Å². The van der Waals surface area contributed by atoms with Crippen LogP contribution in [0.4, 0.5) is 0 Å². The van der Waals surface area contributed by atoms with E-state index in [2.05, 4.69) is 41.1 Å². The van der Waals surface area contributed by atoms with Crippen LogP contribution in [0, 0.1) is 5.92 Å². The summed E-state index contributed by atoms with van der Waals surface area (Å²) in [7, 11) is 0. The fourth-order valence-corrected chi connectivity index (χ4v) is 4.42. The van der Waals surface area contributed by atoms with Crippen LogP contribution >= 0.6 is 0 Å². The summed E-state index contributed by atoms with van der Waals surface area (Å²) in [6.07, 6.45) is 14.4. The van der Waals surface area contributed by atoms with E-state index >= 15 is 0 Å². The molecule has 1 heterocycles. The highest BCUT2D eigenvalue weighted by atomic mass is 16.1. The van der Waals surface area contributed by atoms with Crippen LogP contribution in [0.15, 0.2) is 24.3 Å². The van der Waals surface area contributed by atoms with E-state index in [-0.39, 0.29) is 11.8 Å². The van der Waals surface area contributed by atoms with Crippen molar-refractivity contribution in [3.63, 3.8) is 0 Å². The van der Waals surface area contributed by atoms with E-state index in [4.69, 9.17) is 4.98 Å². The molecule has 1 saturated carbocycles. The number of hydrogen-bond donors (Lipinski definition) is 1. The minimum absolute atomic E-state index is 0.232. The van der Waals surface area contributed by atoms with Gasteiger partial charge in [-0.25, -0.2) is 4.98 Å². The Morgan fingerprint density at radius 3 is 2.64 bits per heavy atom. The Morgan fingerprint density at radius 1 is 1.07 bits per heavy atom. The van der Waals surface area contributed by atoms with Gasteiger partial charge in [-0.05, 0) is 31.4 Å². The van der Waals surface area contributed by atoms with Gasteiger partial charge < -0.3 is 9.88 Å². The first-order valence-corrected chi connectivity index (χ1v) is 11.5. The predicted octanol–water partition coefficient (Wildman–Crippen LogP) is 5.64. The number of carbonyl (C=O) groups excluding carboxylic acids is 1. The van der Waals surface area contributed by atoms with Gasteiger partial charge in [0.2, 0.25) is 5.91 Å². The van der Waals surface area contributed by atoms with Gasteiger partial charge in [0.15, 0.2) is 0 Å². The molecular weight excluding hydrogens is 346 g/mol. The van der Waals surface area contributed by atoms with Crippen molar-refractivity contribution in [2.45, 2.75) is 90.5 Å². The average molecular weight is 384 g/mol. The zero-order valence-electron chi connectivity index (χ0n) is 17.6. The number of benzene rings is 1. The van der Waals surface area contributed by atoms with Crippen molar-refractivity contribution in [2.24, 2.45) is 5.92 Å². The number of carbonyl (C=O) groups is 1. The Morgan fingerprint density at radius 2 is 1.82 bits per heavy atom. The number of hydrogen-bond acceptors (Lipinski definition) is 2. The van der Waals surface area contributed by atoms with Crippen molar-refractivity contribution in [1.82, 2.24) is 14.9 Å². The lowest BCUT2D eigenvalue weighted by Crippen LogP contribution is -2.33. The van der Waals surface area contributed by atoms with Gasteiger partial charge in [-0.1, -0.05) is 70.4 Å². The second kappa shape index (κ2) is 11.2. The van der Waals surface area contributed by atoms with Crippen molar-refractivity contribution in [1.29, 1.82) is 0 Å². The van der Waals surface area contributed by atoms with Gasteiger partial charge in [0.25, 0.3) is 0 Å². The monoisotopic (exact) mass is 383 g/mol. The predicted molar refractivity (Wildman–Crippen MR) is 116 cm³/mol. The third-order valence-corrected chi connectivity index (χ3v) is 6.09. The fraction of sp³-hybridized carbons (Fsp3) is 0.667. The zero-order valence-corrected chi connectivity index (χ0v) is 17.6. The molecule has 3 rings (SSSR count). The van der Waals surface area contributed by atoms with Gasteiger partial charge in [0, 0.05) is 25.4 Å². The molecule has 0 radical (unpaired) electrons. The molecule has 2 aromatic rings. The molecule has 0 bridgehead atoms. The molecule has 0 unspecified atom stereocenters. The number of para-hydroxylation sites is 2. The lowest BCUT2D eigenvalue weighted by Gasteiger charge is -2.20. The van der Waals surface area contributed by atoms with E-state index in [0.29, 0.717) is 6.54 Å². The first-order chi connectivity index (χ1) is 13.8. The molecule has 1 fully saturated rings.